The van der Waals surface area contributed by atoms with Crippen LogP contribution in [-0.2, 0) is 51.4 Å². The van der Waals surface area contributed by atoms with Gasteiger partial charge in [0.25, 0.3) is 0 Å². The molecule has 9 aromatic rings. The average molecular weight is 1230 g/mol. The van der Waals surface area contributed by atoms with Gasteiger partial charge in [-0.25, -0.2) is 19.9 Å². The van der Waals surface area contributed by atoms with Gasteiger partial charge < -0.3 is 0 Å². The quantitative estimate of drug-likeness (QED) is 0.148. The van der Waals surface area contributed by atoms with Gasteiger partial charge in [-0.1, -0.05) is 269 Å². The van der Waals surface area contributed by atoms with Crippen molar-refractivity contribution >= 4 is 59.4 Å². The Labute approximate surface area is 555 Å². The van der Waals surface area contributed by atoms with Crippen molar-refractivity contribution in [2.24, 2.45) is 0 Å². The van der Waals surface area contributed by atoms with E-state index >= 15 is 0 Å². The number of benzene rings is 3. The number of allylic oxidation sites excluding steroid dienone is 8. The first-order chi connectivity index (χ1) is 45.7. The van der Waals surface area contributed by atoms with Gasteiger partial charge in [0.1, 0.15) is 12.7 Å². The van der Waals surface area contributed by atoms with Crippen LogP contribution < -0.4 is 0 Å². The highest BCUT2D eigenvalue weighted by Gasteiger charge is 2.09. The molecule has 0 spiro atoms. The summed E-state index contributed by atoms with van der Waals surface area (Å²) < 4.78 is 0. The standard InChI is InChI=1S/C13H10.C9H8.4C8H7N.2C7H6N2.8C2H6/c1-2-6-12-10(4-1)8-9-11-5-3-7-13(11)12;1-2-5-9-7-3-6-8(9)4-1;2*1-3-7-4-2-6-9-8(7)5-1;2*1-2-7-4-5-9-6-8(7)3-1;2*1-2-6-4-8-5-9-7(6)3-1;8*1-2/h1-6,8-9H,7H2;1-6H,7H2;1-2,4-6H,3H2;1-4,6H,5H2;1,3-6H,2H2;1-2,4-6H,3H2;1,3-5H,2H2;1-2,4-5H,3H2;8*1-2H3. The number of hydrogen-bond acceptors (Lipinski definition) is 8. The Morgan fingerprint density at radius 3 is 1.36 bits per heavy atom. The van der Waals surface area contributed by atoms with E-state index in [1.807, 2.05) is 185 Å². The smallest absolute Gasteiger partial charge is 0.116 e. The molecule has 0 radical (unpaired) electrons. The van der Waals surface area contributed by atoms with Crippen LogP contribution in [0.15, 0.2) is 208 Å². The first-order valence-corrected chi connectivity index (χ1v) is 33.9. The fourth-order valence-electron chi connectivity index (χ4n) is 9.49. The van der Waals surface area contributed by atoms with Gasteiger partial charge in [-0.3, -0.25) is 19.9 Å². The SMILES string of the molecule is C1=Cc2ccc3ccccc3c2C1.C1=Cc2ccccc2C1.C1=Cc2cccnc2C1.C1=Cc2ccncc2C1.C1=Cc2cnccc2C1.C1=Cc2cncnc2C1.C1=Cc2ncccc2C1.C1=Cc2ncncc2C1.CC.CC.CC.CC.CC.CC.CC.CC. The van der Waals surface area contributed by atoms with E-state index in [0.29, 0.717) is 0 Å². The summed E-state index contributed by atoms with van der Waals surface area (Å²) in [6.07, 6.45) is 60.5. The molecule has 0 fully saturated rings. The third kappa shape index (κ3) is 26.2. The van der Waals surface area contributed by atoms with Gasteiger partial charge in [0.2, 0.25) is 0 Å². The fourth-order valence-corrected chi connectivity index (χ4v) is 9.49. The first-order valence-electron chi connectivity index (χ1n) is 33.9. The topological polar surface area (TPSA) is 103 Å². The molecular weight excluding hydrogens is 1120 g/mol. The zero-order chi connectivity index (χ0) is 67.4. The second-order valence-electron chi connectivity index (χ2n) is 18.5. The molecule has 92 heavy (non-hydrogen) atoms. The minimum Gasteiger partial charge on any atom is -0.264 e. The summed E-state index contributed by atoms with van der Waals surface area (Å²) in [5, 5.41) is 2.76. The van der Waals surface area contributed by atoms with E-state index in [4.69, 9.17) is 0 Å². The Kier molecular flexibility index (Phi) is 43.1. The fraction of sp³-hybridized carbons (Fsp3) is 0.286. The van der Waals surface area contributed by atoms with E-state index in [1.165, 1.54) is 77.7 Å². The molecule has 0 atom stereocenters. The maximum Gasteiger partial charge on any atom is 0.116 e. The van der Waals surface area contributed by atoms with Crippen molar-refractivity contribution in [3.63, 3.8) is 0 Å². The van der Waals surface area contributed by atoms with Gasteiger partial charge in [-0.15, -0.1) is 0 Å². The van der Waals surface area contributed by atoms with Crippen LogP contribution in [0.25, 0.3) is 59.4 Å². The first kappa shape index (κ1) is 78.7. The molecule has 8 aliphatic carbocycles. The van der Waals surface area contributed by atoms with Crippen molar-refractivity contribution in [2.45, 2.75) is 162 Å². The number of hydrogen-bond donors (Lipinski definition) is 0. The van der Waals surface area contributed by atoms with Gasteiger partial charge in [0, 0.05) is 68.0 Å². The summed E-state index contributed by atoms with van der Waals surface area (Å²) >= 11 is 0. The molecule has 8 nitrogen and oxygen atoms in total. The van der Waals surface area contributed by atoms with Crippen LogP contribution in [0.5, 0.6) is 0 Å². The Morgan fingerprint density at radius 2 is 0.696 bits per heavy atom. The van der Waals surface area contributed by atoms with Crippen molar-refractivity contribution < 1.29 is 0 Å². The summed E-state index contributed by atoms with van der Waals surface area (Å²) in [6, 6.07) is 33.7. The highest BCUT2D eigenvalue weighted by atomic mass is 14.8. The normalized spacial score (nSPS) is 11.9. The van der Waals surface area contributed by atoms with E-state index < -0.39 is 0 Å². The Hall–Kier alpha value is -9.40. The summed E-state index contributed by atoms with van der Waals surface area (Å²) in [4.78, 5) is 32.3. The van der Waals surface area contributed by atoms with Crippen molar-refractivity contribution in [1.82, 2.24) is 39.9 Å². The maximum atomic E-state index is 4.20. The lowest BCUT2D eigenvalue weighted by Gasteiger charge is -2.03. The third-order valence-electron chi connectivity index (χ3n) is 13.5. The van der Waals surface area contributed by atoms with Crippen LogP contribution in [0.4, 0.5) is 0 Å². The van der Waals surface area contributed by atoms with E-state index in [0.717, 1.165) is 74.0 Å². The molecule has 0 saturated carbocycles. The van der Waals surface area contributed by atoms with Crippen molar-refractivity contribution in [1.29, 1.82) is 0 Å². The lowest BCUT2D eigenvalue weighted by atomic mass is 10.0. The van der Waals surface area contributed by atoms with E-state index in [2.05, 4.69) is 210 Å². The van der Waals surface area contributed by atoms with Crippen LogP contribution in [0.3, 0.4) is 0 Å². The molecular formula is C84H106N8. The molecule has 17 rings (SSSR count). The second-order valence-corrected chi connectivity index (χ2v) is 18.5. The summed E-state index contributed by atoms with van der Waals surface area (Å²) in [5.74, 6) is 0. The number of aromatic nitrogens is 8. The molecule has 0 aliphatic heterocycles. The largest absolute Gasteiger partial charge is 0.264 e. The monoisotopic (exact) mass is 1230 g/mol. The third-order valence-corrected chi connectivity index (χ3v) is 13.5. The van der Waals surface area contributed by atoms with Crippen LogP contribution in [-0.4, -0.2) is 39.9 Å². The highest BCUT2D eigenvalue weighted by molar-refractivity contribution is 5.90. The lowest BCUT2D eigenvalue weighted by molar-refractivity contribution is 1.06. The molecule has 6 aromatic heterocycles. The number of pyridine rings is 4. The van der Waals surface area contributed by atoms with Crippen molar-refractivity contribution in [3.8, 4) is 0 Å². The predicted octanol–water partition coefficient (Wildman–Crippen LogP) is 22.6. The van der Waals surface area contributed by atoms with Crippen molar-refractivity contribution in [2.75, 3.05) is 0 Å². The van der Waals surface area contributed by atoms with Gasteiger partial charge in [0.15, 0.2) is 0 Å². The molecule has 482 valence electrons. The number of nitrogens with zero attached hydrogens (tertiary/aromatic N) is 8. The van der Waals surface area contributed by atoms with Gasteiger partial charge >= 0.3 is 0 Å². The van der Waals surface area contributed by atoms with Crippen LogP contribution in [0, 0.1) is 0 Å². The zero-order valence-electron chi connectivity index (χ0n) is 58.5. The average Bonchev–Trinajstić information content (AvgIpc) is 1.81. The molecule has 0 amide bonds. The van der Waals surface area contributed by atoms with Gasteiger partial charge in [-0.2, -0.15) is 0 Å². The summed E-state index contributed by atoms with van der Waals surface area (Å²) in [6.45, 7) is 32.0. The highest BCUT2D eigenvalue weighted by Crippen LogP contribution is 2.28. The van der Waals surface area contributed by atoms with Gasteiger partial charge in [0.05, 0.1) is 22.8 Å². The molecule has 0 bridgehead atoms. The Bertz CT molecular complexity index is 3140. The van der Waals surface area contributed by atoms with Crippen molar-refractivity contribution in [3.05, 3.63) is 297 Å². The van der Waals surface area contributed by atoms with E-state index in [-0.39, 0.29) is 0 Å². The molecule has 8 aliphatic rings. The molecule has 0 unspecified atom stereocenters. The predicted molar refractivity (Wildman–Crippen MR) is 404 cm³/mol. The summed E-state index contributed by atoms with van der Waals surface area (Å²) in [5.41, 5.74) is 20.6. The van der Waals surface area contributed by atoms with Crippen LogP contribution in [0.2, 0.25) is 0 Å². The van der Waals surface area contributed by atoms with Crippen LogP contribution >= 0.6 is 0 Å². The number of fused-ring (bicyclic) bond motifs is 10. The van der Waals surface area contributed by atoms with E-state index in [9.17, 15) is 0 Å². The molecule has 0 N–H and O–H groups in total. The number of rotatable bonds is 0. The maximum absolute atomic E-state index is 4.20. The minimum atomic E-state index is 0.970. The summed E-state index contributed by atoms with van der Waals surface area (Å²) in [7, 11) is 0. The Balaban J connectivity index is 0.000000348. The van der Waals surface area contributed by atoms with Gasteiger partial charge in [-0.05, 0) is 147 Å². The second kappa shape index (κ2) is 50.4. The molecule has 6 heterocycles. The van der Waals surface area contributed by atoms with Crippen LogP contribution in [0.1, 0.15) is 200 Å². The zero-order valence-corrected chi connectivity index (χ0v) is 58.5. The van der Waals surface area contributed by atoms with E-state index in [1.54, 1.807) is 12.7 Å². The molecule has 3 aromatic carbocycles. The lowest BCUT2D eigenvalue weighted by Crippen LogP contribution is -1.86. The molecule has 0 saturated heterocycles. The Morgan fingerprint density at radius 1 is 0.250 bits per heavy atom. The minimum absolute atomic E-state index is 0.970. The molecule has 8 heteroatoms.